The van der Waals surface area contributed by atoms with E-state index >= 15 is 0 Å². The molecule has 0 amide bonds. The molecule has 1 aromatic heterocycles. The summed E-state index contributed by atoms with van der Waals surface area (Å²) in [6.45, 7) is 8.47. The minimum Gasteiger partial charge on any atom is -0.244 e. The quantitative estimate of drug-likeness (QED) is 0.914. The predicted molar refractivity (Wildman–Crippen MR) is 72.8 cm³/mol. The molecule has 0 radical (unpaired) electrons. The third-order valence-electron chi connectivity index (χ3n) is 3.22. The summed E-state index contributed by atoms with van der Waals surface area (Å²) in [4.78, 5) is 3.69. The summed E-state index contributed by atoms with van der Waals surface area (Å²) in [5, 5.41) is 8.88. The first-order valence-corrected chi connectivity index (χ1v) is 7.51. The Morgan fingerprint density at radius 3 is 2.63 bits per heavy atom. The Morgan fingerprint density at radius 2 is 2.11 bits per heavy atom. The van der Waals surface area contributed by atoms with Gasteiger partial charge in [0.2, 0.25) is 10.0 Å². The van der Waals surface area contributed by atoms with Crippen molar-refractivity contribution in [1.82, 2.24) is 9.71 Å². The molecule has 1 rings (SSSR count). The predicted octanol–water partition coefficient (Wildman–Crippen LogP) is 1.91. The van der Waals surface area contributed by atoms with Gasteiger partial charge in [0.15, 0.2) is 5.69 Å². The van der Waals surface area contributed by atoms with Crippen molar-refractivity contribution in [3.05, 3.63) is 24.0 Å². The van der Waals surface area contributed by atoms with Crippen LogP contribution in [0.2, 0.25) is 0 Å². The van der Waals surface area contributed by atoms with Crippen LogP contribution in [-0.4, -0.2) is 19.9 Å². The fourth-order valence-electron chi connectivity index (χ4n) is 1.31. The van der Waals surface area contributed by atoms with E-state index in [2.05, 4.69) is 30.5 Å². The molecule has 0 aliphatic heterocycles. The second-order valence-corrected chi connectivity index (χ2v) is 7.32. The number of hydrogen-bond acceptors (Lipinski definition) is 4. The van der Waals surface area contributed by atoms with Crippen molar-refractivity contribution < 1.29 is 8.42 Å². The largest absolute Gasteiger partial charge is 0.244 e. The van der Waals surface area contributed by atoms with Crippen LogP contribution in [0.3, 0.4) is 0 Å². The average Bonchev–Trinajstić information content (AvgIpc) is 2.34. The van der Waals surface area contributed by atoms with Crippen LogP contribution < -0.4 is 4.72 Å². The van der Waals surface area contributed by atoms with Gasteiger partial charge in [0.1, 0.15) is 11.0 Å². The molecule has 0 spiro atoms. The van der Waals surface area contributed by atoms with Gasteiger partial charge in [0.25, 0.3) is 0 Å². The Morgan fingerprint density at radius 1 is 1.47 bits per heavy atom. The lowest BCUT2D eigenvalue weighted by Crippen LogP contribution is -2.34. The summed E-state index contributed by atoms with van der Waals surface area (Å²) in [6, 6.07) is 4.68. The number of sulfonamides is 1. The highest BCUT2D eigenvalue weighted by atomic mass is 32.2. The molecule has 1 aromatic rings. The number of hydrogen-bond donors (Lipinski definition) is 1. The monoisotopic (exact) mass is 281 g/mol. The Labute approximate surface area is 114 Å². The topological polar surface area (TPSA) is 82.8 Å². The standard InChI is InChI=1S/C13H19N3O2S/c1-10(13(2,3)4)9-16-19(17,18)12-6-5-7-15-11(12)8-14/h5-7,10,16H,9H2,1-4H3. The van der Waals surface area contributed by atoms with Gasteiger partial charge < -0.3 is 0 Å². The highest BCUT2D eigenvalue weighted by Gasteiger charge is 2.24. The molecule has 1 heterocycles. The molecule has 0 aromatic carbocycles. The van der Waals surface area contributed by atoms with Crippen LogP contribution in [0.25, 0.3) is 0 Å². The van der Waals surface area contributed by atoms with Crippen LogP contribution >= 0.6 is 0 Å². The molecule has 5 nitrogen and oxygen atoms in total. The maximum absolute atomic E-state index is 12.1. The lowest BCUT2D eigenvalue weighted by Gasteiger charge is -2.27. The highest BCUT2D eigenvalue weighted by molar-refractivity contribution is 7.89. The molecule has 0 fully saturated rings. The Bertz CT molecular complexity index is 583. The van der Waals surface area contributed by atoms with Crippen LogP contribution in [0.4, 0.5) is 0 Å². The van der Waals surface area contributed by atoms with Gasteiger partial charge in [-0.2, -0.15) is 5.26 Å². The zero-order valence-corrected chi connectivity index (χ0v) is 12.5. The molecule has 0 aliphatic carbocycles. The minimum atomic E-state index is -3.69. The molecule has 1 N–H and O–H groups in total. The van der Waals surface area contributed by atoms with E-state index < -0.39 is 10.0 Å². The van der Waals surface area contributed by atoms with Gasteiger partial charge in [0, 0.05) is 12.7 Å². The van der Waals surface area contributed by atoms with Crippen molar-refractivity contribution in [2.45, 2.75) is 32.6 Å². The van der Waals surface area contributed by atoms with E-state index in [9.17, 15) is 8.42 Å². The Balaban J connectivity index is 2.92. The molecule has 19 heavy (non-hydrogen) atoms. The highest BCUT2D eigenvalue weighted by Crippen LogP contribution is 2.25. The van der Waals surface area contributed by atoms with E-state index in [0.29, 0.717) is 6.54 Å². The van der Waals surface area contributed by atoms with E-state index in [4.69, 9.17) is 5.26 Å². The summed E-state index contributed by atoms with van der Waals surface area (Å²) in [7, 11) is -3.69. The van der Waals surface area contributed by atoms with Crippen molar-refractivity contribution in [2.24, 2.45) is 11.3 Å². The third kappa shape index (κ3) is 4.01. The van der Waals surface area contributed by atoms with Crippen LogP contribution in [0.15, 0.2) is 23.2 Å². The van der Waals surface area contributed by atoms with Gasteiger partial charge in [-0.1, -0.05) is 27.7 Å². The summed E-state index contributed by atoms with van der Waals surface area (Å²) in [6.07, 6.45) is 1.40. The van der Waals surface area contributed by atoms with Gasteiger partial charge >= 0.3 is 0 Å². The lowest BCUT2D eigenvalue weighted by molar-refractivity contribution is 0.263. The zero-order valence-electron chi connectivity index (χ0n) is 11.6. The van der Waals surface area contributed by atoms with Gasteiger partial charge in [-0.15, -0.1) is 0 Å². The molecular weight excluding hydrogens is 262 g/mol. The number of nitrogens with one attached hydrogen (secondary N) is 1. The second kappa shape index (κ2) is 5.68. The first-order valence-electron chi connectivity index (χ1n) is 6.03. The average molecular weight is 281 g/mol. The first-order chi connectivity index (χ1) is 8.68. The van der Waals surface area contributed by atoms with Gasteiger partial charge in [-0.25, -0.2) is 18.1 Å². The second-order valence-electron chi connectivity index (χ2n) is 5.58. The molecule has 0 saturated heterocycles. The van der Waals surface area contributed by atoms with E-state index in [1.54, 1.807) is 6.07 Å². The van der Waals surface area contributed by atoms with E-state index in [1.807, 2.05) is 6.92 Å². The van der Waals surface area contributed by atoms with Gasteiger partial charge in [-0.05, 0) is 23.5 Å². The number of nitriles is 1. The van der Waals surface area contributed by atoms with Crippen LogP contribution in [0.5, 0.6) is 0 Å². The van der Waals surface area contributed by atoms with E-state index in [1.165, 1.54) is 18.3 Å². The molecule has 104 valence electrons. The smallest absolute Gasteiger partial charge is 0.243 e. The maximum Gasteiger partial charge on any atom is 0.243 e. The SMILES string of the molecule is CC(CNS(=O)(=O)c1cccnc1C#N)C(C)(C)C. The minimum absolute atomic E-state index is 0.00944. The molecule has 1 atom stereocenters. The molecule has 0 saturated carbocycles. The molecular formula is C13H19N3O2S. The Hall–Kier alpha value is -1.45. The number of aromatic nitrogens is 1. The molecule has 0 aliphatic rings. The summed E-state index contributed by atoms with van der Waals surface area (Å²) >= 11 is 0. The lowest BCUT2D eigenvalue weighted by atomic mass is 9.82. The van der Waals surface area contributed by atoms with Crippen molar-refractivity contribution >= 4 is 10.0 Å². The summed E-state index contributed by atoms with van der Waals surface area (Å²) in [5.74, 6) is 0.171. The number of rotatable bonds is 4. The van der Waals surface area contributed by atoms with Crippen molar-refractivity contribution in [1.29, 1.82) is 5.26 Å². The Kier molecular flexibility index (Phi) is 4.66. The molecule has 6 heteroatoms. The number of pyridine rings is 1. The fraction of sp³-hybridized carbons (Fsp3) is 0.538. The fourth-order valence-corrected chi connectivity index (χ4v) is 2.55. The zero-order chi connectivity index (χ0) is 14.7. The third-order valence-corrected chi connectivity index (χ3v) is 4.68. The number of nitrogens with zero attached hydrogens (tertiary/aromatic N) is 2. The van der Waals surface area contributed by atoms with E-state index in [0.717, 1.165) is 0 Å². The van der Waals surface area contributed by atoms with Crippen molar-refractivity contribution in [3.8, 4) is 6.07 Å². The van der Waals surface area contributed by atoms with Gasteiger partial charge in [-0.3, -0.25) is 0 Å². The molecule has 0 bridgehead atoms. The van der Waals surface area contributed by atoms with Crippen LogP contribution in [0.1, 0.15) is 33.4 Å². The van der Waals surface area contributed by atoms with Crippen LogP contribution in [0, 0.1) is 22.7 Å². The first kappa shape index (κ1) is 15.6. The molecule has 1 unspecified atom stereocenters. The normalized spacial score (nSPS) is 13.8. The summed E-state index contributed by atoms with van der Waals surface area (Å²) in [5.41, 5.74) is -0.0754. The summed E-state index contributed by atoms with van der Waals surface area (Å²) < 4.78 is 26.8. The van der Waals surface area contributed by atoms with Gasteiger partial charge in [0.05, 0.1) is 0 Å². The van der Waals surface area contributed by atoms with Crippen molar-refractivity contribution in [2.75, 3.05) is 6.54 Å². The van der Waals surface area contributed by atoms with E-state index in [-0.39, 0.29) is 21.9 Å². The van der Waals surface area contributed by atoms with Crippen LogP contribution in [-0.2, 0) is 10.0 Å². The van der Waals surface area contributed by atoms with Crippen molar-refractivity contribution in [3.63, 3.8) is 0 Å². The maximum atomic E-state index is 12.1.